The van der Waals surface area contributed by atoms with Gasteiger partial charge in [0.2, 0.25) is 10.0 Å². The van der Waals surface area contributed by atoms with Crippen molar-refractivity contribution in [3.8, 4) is 10.6 Å². The van der Waals surface area contributed by atoms with Crippen LogP contribution in [-0.4, -0.2) is 43.1 Å². The maximum atomic E-state index is 13.1. The fourth-order valence-electron chi connectivity index (χ4n) is 4.30. The first kappa shape index (κ1) is 23.7. The Morgan fingerprint density at radius 3 is 2.49 bits per heavy atom. The van der Waals surface area contributed by atoms with Crippen molar-refractivity contribution in [2.45, 2.75) is 30.6 Å². The van der Waals surface area contributed by atoms with Crippen LogP contribution in [0.5, 0.6) is 0 Å². The molecule has 180 valence electrons. The number of nitrogens with zero attached hydrogens (tertiary/aromatic N) is 2. The van der Waals surface area contributed by atoms with Gasteiger partial charge in [0.25, 0.3) is 0 Å². The van der Waals surface area contributed by atoms with Gasteiger partial charge in [-0.1, -0.05) is 49.2 Å². The van der Waals surface area contributed by atoms with Gasteiger partial charge in [-0.25, -0.2) is 13.4 Å². The number of hydrogen-bond donors (Lipinski definition) is 1. The number of rotatable bonds is 7. The first-order valence-corrected chi connectivity index (χ1v) is 14.1. The summed E-state index contributed by atoms with van der Waals surface area (Å²) < 4.78 is 28.9. The lowest BCUT2D eigenvalue weighted by Crippen LogP contribution is -2.32. The molecule has 0 radical (unpaired) electrons. The molecule has 0 bridgehead atoms. The number of Topliss-reactive ketones (excluding diaryl/α,β-unsaturated/α-hetero) is 1. The SMILES string of the molecule is O=C(CNc1cccc(-c2nc3ccccc3s2)c1)c1cccc(S(=O)(=O)N2CCCCCC2)c1. The first-order valence-electron chi connectivity index (χ1n) is 11.8. The van der Waals surface area contributed by atoms with Crippen LogP contribution in [0.15, 0.2) is 77.7 Å². The maximum absolute atomic E-state index is 13.1. The Balaban J connectivity index is 1.29. The fraction of sp³-hybridized carbons (Fsp3) is 0.259. The monoisotopic (exact) mass is 505 g/mol. The van der Waals surface area contributed by atoms with Crippen molar-refractivity contribution in [3.63, 3.8) is 0 Å². The molecule has 1 aliphatic heterocycles. The summed E-state index contributed by atoms with van der Waals surface area (Å²) in [6.07, 6.45) is 3.85. The normalized spacial score (nSPS) is 15.1. The van der Waals surface area contributed by atoms with Gasteiger partial charge in [0.15, 0.2) is 5.78 Å². The molecule has 0 unspecified atom stereocenters. The minimum absolute atomic E-state index is 0.0660. The Kier molecular flexibility index (Phi) is 6.95. The Morgan fingerprint density at radius 2 is 1.69 bits per heavy atom. The van der Waals surface area contributed by atoms with Crippen LogP contribution in [0, 0.1) is 0 Å². The van der Waals surface area contributed by atoms with E-state index < -0.39 is 10.0 Å². The Morgan fingerprint density at radius 1 is 0.914 bits per heavy atom. The number of benzene rings is 3. The molecule has 0 spiro atoms. The smallest absolute Gasteiger partial charge is 0.243 e. The van der Waals surface area contributed by atoms with Crippen LogP contribution < -0.4 is 5.32 Å². The molecule has 8 heteroatoms. The lowest BCUT2D eigenvalue weighted by Gasteiger charge is -2.20. The number of fused-ring (bicyclic) bond motifs is 1. The summed E-state index contributed by atoms with van der Waals surface area (Å²) in [5.41, 5.74) is 3.14. The van der Waals surface area contributed by atoms with Gasteiger partial charge in [-0.3, -0.25) is 4.79 Å². The molecule has 2 heterocycles. The van der Waals surface area contributed by atoms with Crippen molar-refractivity contribution >= 4 is 43.0 Å². The van der Waals surface area contributed by atoms with E-state index in [4.69, 9.17) is 4.98 Å². The second-order valence-corrected chi connectivity index (χ2v) is 11.7. The van der Waals surface area contributed by atoms with E-state index in [0.29, 0.717) is 18.7 Å². The number of nitrogens with one attached hydrogen (secondary N) is 1. The van der Waals surface area contributed by atoms with Gasteiger partial charge >= 0.3 is 0 Å². The number of carbonyl (C=O) groups is 1. The van der Waals surface area contributed by atoms with E-state index in [1.807, 2.05) is 42.5 Å². The van der Waals surface area contributed by atoms with Crippen molar-refractivity contribution in [3.05, 3.63) is 78.4 Å². The molecule has 1 aliphatic rings. The van der Waals surface area contributed by atoms with E-state index in [1.165, 1.54) is 6.07 Å². The molecular weight excluding hydrogens is 478 g/mol. The third-order valence-electron chi connectivity index (χ3n) is 6.22. The van der Waals surface area contributed by atoms with Crippen LogP contribution >= 0.6 is 11.3 Å². The molecule has 4 aromatic rings. The molecule has 5 rings (SSSR count). The molecule has 6 nitrogen and oxygen atoms in total. The Labute approximate surface area is 209 Å². The number of para-hydroxylation sites is 1. The summed E-state index contributed by atoms with van der Waals surface area (Å²) in [6.45, 7) is 1.14. The predicted octanol–water partition coefficient (Wildman–Crippen LogP) is 5.82. The van der Waals surface area contributed by atoms with E-state index in [9.17, 15) is 13.2 Å². The minimum atomic E-state index is -3.60. The summed E-state index contributed by atoms with van der Waals surface area (Å²) in [5.74, 6) is -0.164. The van der Waals surface area contributed by atoms with Crippen molar-refractivity contribution in [1.29, 1.82) is 0 Å². The standard InChI is InChI=1S/C27H27N3O3S2/c31-25(20-9-8-12-23(18-20)35(32,33)30-15-5-1-2-6-16-30)19-28-22-11-7-10-21(17-22)27-29-24-13-3-4-14-26(24)34-27/h3-4,7-14,17-18,28H,1-2,5-6,15-16,19H2. The van der Waals surface area contributed by atoms with E-state index in [0.717, 1.165) is 52.2 Å². The summed E-state index contributed by atoms with van der Waals surface area (Å²) in [4.78, 5) is 17.8. The molecule has 0 amide bonds. The molecule has 0 aliphatic carbocycles. The van der Waals surface area contributed by atoms with Gasteiger partial charge in [-0.2, -0.15) is 4.31 Å². The average Bonchev–Trinajstić information content (AvgIpc) is 3.13. The number of hydrogen-bond acceptors (Lipinski definition) is 6. The number of sulfonamides is 1. The van der Waals surface area contributed by atoms with Crippen LogP contribution in [0.2, 0.25) is 0 Å². The van der Waals surface area contributed by atoms with Crippen LogP contribution in [0.25, 0.3) is 20.8 Å². The summed E-state index contributed by atoms with van der Waals surface area (Å²) in [5, 5.41) is 4.11. The number of ketones is 1. The molecule has 1 saturated heterocycles. The zero-order valence-corrected chi connectivity index (χ0v) is 20.9. The summed E-state index contributed by atoms with van der Waals surface area (Å²) in [6, 6.07) is 22.2. The van der Waals surface area contributed by atoms with Crippen LogP contribution in [0.3, 0.4) is 0 Å². The highest BCUT2D eigenvalue weighted by molar-refractivity contribution is 7.89. The molecular formula is C27H27N3O3S2. The highest BCUT2D eigenvalue weighted by Crippen LogP contribution is 2.31. The molecule has 3 aromatic carbocycles. The zero-order valence-electron chi connectivity index (χ0n) is 19.3. The topological polar surface area (TPSA) is 79.4 Å². The highest BCUT2D eigenvalue weighted by atomic mass is 32.2. The molecule has 1 N–H and O–H groups in total. The van der Waals surface area contributed by atoms with Gasteiger partial charge in [0.1, 0.15) is 5.01 Å². The number of anilines is 1. The number of thiazole rings is 1. The number of aromatic nitrogens is 1. The van der Waals surface area contributed by atoms with Gasteiger partial charge in [0, 0.05) is 29.9 Å². The quantitative estimate of drug-likeness (QED) is 0.320. The van der Waals surface area contributed by atoms with Crippen molar-refractivity contribution < 1.29 is 13.2 Å². The molecule has 35 heavy (non-hydrogen) atoms. The third-order valence-corrected chi connectivity index (χ3v) is 9.20. The lowest BCUT2D eigenvalue weighted by molar-refractivity contribution is 0.101. The van der Waals surface area contributed by atoms with E-state index in [2.05, 4.69) is 11.4 Å². The van der Waals surface area contributed by atoms with E-state index in [-0.39, 0.29) is 17.2 Å². The zero-order chi connectivity index (χ0) is 24.3. The molecule has 0 atom stereocenters. The largest absolute Gasteiger partial charge is 0.378 e. The maximum Gasteiger partial charge on any atom is 0.243 e. The van der Waals surface area contributed by atoms with Crippen LogP contribution in [0.1, 0.15) is 36.0 Å². The van der Waals surface area contributed by atoms with Crippen molar-refractivity contribution in [2.75, 3.05) is 25.0 Å². The van der Waals surface area contributed by atoms with Gasteiger partial charge in [-0.05, 0) is 49.2 Å². The van der Waals surface area contributed by atoms with Gasteiger partial charge in [-0.15, -0.1) is 11.3 Å². The average molecular weight is 506 g/mol. The van der Waals surface area contributed by atoms with E-state index >= 15 is 0 Å². The predicted molar refractivity (Wildman–Crippen MR) is 142 cm³/mol. The van der Waals surface area contributed by atoms with Crippen molar-refractivity contribution in [1.82, 2.24) is 9.29 Å². The number of carbonyl (C=O) groups excluding carboxylic acids is 1. The molecule has 1 aromatic heterocycles. The molecule has 1 fully saturated rings. The second kappa shape index (κ2) is 10.3. The van der Waals surface area contributed by atoms with Crippen LogP contribution in [0.4, 0.5) is 5.69 Å². The Bertz CT molecular complexity index is 1420. The highest BCUT2D eigenvalue weighted by Gasteiger charge is 2.25. The Hall–Kier alpha value is -3.07. The fourth-order valence-corrected chi connectivity index (χ4v) is 6.83. The van der Waals surface area contributed by atoms with Crippen molar-refractivity contribution in [2.24, 2.45) is 0 Å². The van der Waals surface area contributed by atoms with Gasteiger partial charge < -0.3 is 5.32 Å². The van der Waals surface area contributed by atoms with Crippen LogP contribution in [-0.2, 0) is 10.0 Å². The summed E-state index contributed by atoms with van der Waals surface area (Å²) >= 11 is 1.63. The second-order valence-electron chi connectivity index (χ2n) is 8.69. The summed E-state index contributed by atoms with van der Waals surface area (Å²) in [7, 11) is -3.60. The lowest BCUT2D eigenvalue weighted by atomic mass is 10.1. The first-order chi connectivity index (χ1) is 17.0. The third kappa shape index (κ3) is 5.29. The van der Waals surface area contributed by atoms with E-state index in [1.54, 1.807) is 33.8 Å². The minimum Gasteiger partial charge on any atom is -0.378 e. The molecule has 0 saturated carbocycles. The van der Waals surface area contributed by atoms with Gasteiger partial charge in [0.05, 0.1) is 21.7 Å².